The molecule has 1 rings (SSSR count). The molecule has 0 spiro atoms. The Balaban J connectivity index is 3.12. The van der Waals surface area contributed by atoms with Crippen LogP contribution in [0, 0.1) is 0 Å². The van der Waals surface area contributed by atoms with Gasteiger partial charge in [0.1, 0.15) is 0 Å². The Kier molecular flexibility index (Phi) is 4.84. The number of sulfonamides is 1. The van der Waals surface area contributed by atoms with E-state index in [1.54, 1.807) is 18.2 Å². The van der Waals surface area contributed by atoms with E-state index in [9.17, 15) is 8.42 Å². The van der Waals surface area contributed by atoms with E-state index in [4.69, 9.17) is 18.0 Å². The van der Waals surface area contributed by atoms with Crippen molar-refractivity contribution in [3.63, 3.8) is 0 Å². The van der Waals surface area contributed by atoms with Gasteiger partial charge >= 0.3 is 0 Å². The molecule has 6 heteroatoms. The second-order valence-electron chi connectivity index (χ2n) is 4.07. The summed E-state index contributed by atoms with van der Waals surface area (Å²) in [4.78, 5) is 0.388. The first-order chi connectivity index (χ1) is 8.38. The van der Waals surface area contributed by atoms with Gasteiger partial charge in [-0.2, -0.15) is 4.72 Å². The van der Waals surface area contributed by atoms with Crippen LogP contribution >= 0.6 is 12.2 Å². The lowest BCUT2D eigenvalue weighted by molar-refractivity contribution is 0.466. The third kappa shape index (κ3) is 3.07. The lowest BCUT2D eigenvalue weighted by Gasteiger charge is -2.31. The molecular formula is C12H18N2O2S2. The fraction of sp³-hybridized carbons (Fsp3) is 0.417. The highest BCUT2D eigenvalue weighted by Gasteiger charge is 2.34. The first-order valence-electron chi connectivity index (χ1n) is 5.77. The lowest BCUT2D eigenvalue weighted by Crippen LogP contribution is -2.55. The van der Waals surface area contributed by atoms with Crippen molar-refractivity contribution in [1.29, 1.82) is 0 Å². The molecule has 0 fully saturated rings. The quantitative estimate of drug-likeness (QED) is 0.782. The van der Waals surface area contributed by atoms with E-state index in [0.717, 1.165) is 0 Å². The van der Waals surface area contributed by atoms with Crippen molar-refractivity contribution in [2.24, 2.45) is 5.73 Å². The number of rotatable bonds is 6. The maximum absolute atomic E-state index is 12.2. The molecule has 4 nitrogen and oxygen atoms in total. The second kappa shape index (κ2) is 5.77. The largest absolute Gasteiger partial charge is 0.392 e. The monoisotopic (exact) mass is 286 g/mol. The zero-order valence-electron chi connectivity index (χ0n) is 10.5. The fourth-order valence-electron chi connectivity index (χ4n) is 1.71. The molecule has 0 radical (unpaired) electrons. The van der Waals surface area contributed by atoms with Gasteiger partial charge in [-0.3, -0.25) is 0 Å². The first-order valence-corrected chi connectivity index (χ1v) is 7.66. The molecule has 0 saturated heterocycles. The number of nitrogens with two attached hydrogens (primary N) is 1. The Morgan fingerprint density at radius 3 is 2.17 bits per heavy atom. The topological polar surface area (TPSA) is 72.2 Å². The molecule has 18 heavy (non-hydrogen) atoms. The molecule has 0 saturated carbocycles. The summed E-state index contributed by atoms with van der Waals surface area (Å²) in [6.45, 7) is 3.71. The van der Waals surface area contributed by atoms with E-state index in [-0.39, 0.29) is 9.88 Å². The third-order valence-corrected chi connectivity index (χ3v) is 5.00. The number of hydrogen-bond donors (Lipinski definition) is 2. The Morgan fingerprint density at radius 2 is 1.78 bits per heavy atom. The van der Waals surface area contributed by atoms with Gasteiger partial charge in [0, 0.05) is 0 Å². The number of thiocarbonyl (C=S) groups is 1. The minimum absolute atomic E-state index is 0.173. The molecule has 0 aliphatic heterocycles. The van der Waals surface area contributed by atoms with Gasteiger partial charge in [-0.05, 0) is 25.0 Å². The summed E-state index contributed by atoms with van der Waals surface area (Å²) < 4.78 is 27.1. The van der Waals surface area contributed by atoms with Gasteiger partial charge in [-0.25, -0.2) is 8.42 Å². The summed E-state index contributed by atoms with van der Waals surface area (Å²) in [7, 11) is -3.60. The minimum atomic E-state index is -3.60. The third-order valence-electron chi connectivity index (χ3n) is 3.06. The van der Waals surface area contributed by atoms with Crippen LogP contribution in [0.1, 0.15) is 26.7 Å². The van der Waals surface area contributed by atoms with Gasteiger partial charge in [0.05, 0.1) is 15.4 Å². The average Bonchev–Trinajstić information content (AvgIpc) is 2.37. The van der Waals surface area contributed by atoms with Crippen LogP contribution in [-0.2, 0) is 10.0 Å². The average molecular weight is 286 g/mol. The van der Waals surface area contributed by atoms with Gasteiger partial charge in [0.25, 0.3) is 0 Å². The number of benzene rings is 1. The number of hydrogen-bond acceptors (Lipinski definition) is 3. The fourth-order valence-corrected chi connectivity index (χ4v) is 3.66. The molecule has 0 unspecified atom stereocenters. The zero-order chi connectivity index (χ0) is 13.8. The standard InChI is InChI=1S/C12H18N2O2S2/c1-3-12(4-2,11(13)17)14-18(15,16)10-8-6-5-7-9-10/h5-9,14H,3-4H2,1-2H3,(H2,13,17). The molecule has 0 aromatic heterocycles. The van der Waals surface area contributed by atoms with Crippen LogP contribution in [-0.4, -0.2) is 18.9 Å². The highest BCUT2D eigenvalue weighted by atomic mass is 32.2. The normalized spacial score (nSPS) is 12.3. The van der Waals surface area contributed by atoms with Crippen molar-refractivity contribution < 1.29 is 8.42 Å². The Morgan fingerprint density at radius 1 is 1.28 bits per heavy atom. The molecule has 0 heterocycles. The maximum Gasteiger partial charge on any atom is 0.241 e. The van der Waals surface area contributed by atoms with Crippen molar-refractivity contribution in [2.75, 3.05) is 0 Å². The van der Waals surface area contributed by atoms with Crippen LogP contribution in [0.3, 0.4) is 0 Å². The van der Waals surface area contributed by atoms with Crippen LogP contribution in [0.15, 0.2) is 35.2 Å². The van der Waals surface area contributed by atoms with Crippen molar-refractivity contribution in [3.8, 4) is 0 Å². The molecule has 1 aromatic carbocycles. The second-order valence-corrected chi connectivity index (χ2v) is 6.19. The van der Waals surface area contributed by atoms with E-state index in [2.05, 4.69) is 4.72 Å². The summed E-state index contributed by atoms with van der Waals surface area (Å²) in [5, 5.41) is 0. The molecule has 3 N–H and O–H groups in total. The molecule has 0 bridgehead atoms. The Bertz CT molecular complexity index is 508. The molecule has 100 valence electrons. The predicted octanol–water partition coefficient (Wildman–Crippen LogP) is 1.81. The van der Waals surface area contributed by atoms with Gasteiger partial charge < -0.3 is 5.73 Å². The van der Waals surface area contributed by atoms with Crippen molar-refractivity contribution in [3.05, 3.63) is 30.3 Å². The van der Waals surface area contributed by atoms with E-state index in [1.165, 1.54) is 12.1 Å². The predicted molar refractivity (Wildman–Crippen MR) is 76.9 cm³/mol. The highest BCUT2D eigenvalue weighted by Crippen LogP contribution is 2.20. The Labute approximate surface area is 114 Å². The van der Waals surface area contributed by atoms with Crippen LogP contribution in [0.4, 0.5) is 0 Å². The van der Waals surface area contributed by atoms with E-state index >= 15 is 0 Å². The van der Waals surface area contributed by atoms with Crippen LogP contribution in [0.5, 0.6) is 0 Å². The summed E-state index contributed by atoms with van der Waals surface area (Å²) >= 11 is 5.00. The summed E-state index contributed by atoms with van der Waals surface area (Å²) in [5.74, 6) is 0. The van der Waals surface area contributed by atoms with Gasteiger partial charge in [-0.1, -0.05) is 44.3 Å². The molecule has 0 aliphatic rings. The molecule has 1 aromatic rings. The van der Waals surface area contributed by atoms with E-state index in [0.29, 0.717) is 12.8 Å². The van der Waals surface area contributed by atoms with Crippen LogP contribution in [0.2, 0.25) is 0 Å². The van der Waals surface area contributed by atoms with E-state index < -0.39 is 15.6 Å². The molecule has 0 aliphatic carbocycles. The summed E-state index contributed by atoms with van der Waals surface area (Å²) in [6, 6.07) is 8.19. The van der Waals surface area contributed by atoms with Crippen molar-refractivity contribution in [2.45, 2.75) is 37.1 Å². The van der Waals surface area contributed by atoms with Crippen molar-refractivity contribution in [1.82, 2.24) is 4.72 Å². The highest BCUT2D eigenvalue weighted by molar-refractivity contribution is 7.89. The smallest absolute Gasteiger partial charge is 0.241 e. The van der Waals surface area contributed by atoms with Gasteiger partial charge in [0.15, 0.2) is 0 Å². The first kappa shape index (κ1) is 15.1. The zero-order valence-corrected chi connectivity index (χ0v) is 12.1. The number of nitrogens with one attached hydrogen (secondary N) is 1. The van der Waals surface area contributed by atoms with Gasteiger partial charge in [-0.15, -0.1) is 0 Å². The lowest BCUT2D eigenvalue weighted by atomic mass is 9.94. The SMILES string of the molecule is CCC(CC)(NS(=O)(=O)c1ccccc1)C(N)=S. The van der Waals surface area contributed by atoms with Gasteiger partial charge in [0.2, 0.25) is 10.0 Å². The van der Waals surface area contributed by atoms with Crippen molar-refractivity contribution >= 4 is 27.2 Å². The molecule has 0 amide bonds. The summed E-state index contributed by atoms with van der Waals surface area (Å²) in [6.07, 6.45) is 1.04. The minimum Gasteiger partial charge on any atom is -0.392 e. The molecular weight excluding hydrogens is 268 g/mol. The summed E-state index contributed by atoms with van der Waals surface area (Å²) in [5.41, 5.74) is 4.83. The molecule has 0 atom stereocenters. The van der Waals surface area contributed by atoms with E-state index in [1.807, 2.05) is 13.8 Å². The Hall–Kier alpha value is -0.980. The maximum atomic E-state index is 12.2. The van der Waals surface area contributed by atoms with Crippen LogP contribution < -0.4 is 10.5 Å². The van der Waals surface area contributed by atoms with Crippen LogP contribution in [0.25, 0.3) is 0 Å².